The average Bonchev–Trinajstić information content (AvgIpc) is 2.19. The van der Waals surface area contributed by atoms with Gasteiger partial charge in [0, 0.05) is 39.1 Å². The van der Waals surface area contributed by atoms with Gasteiger partial charge in [0.05, 0.1) is 0 Å². The number of aliphatic carboxylic acids is 1. The number of carbonyl (C=O) groups excluding carboxylic acids is 1. The quantitative estimate of drug-likeness (QED) is 0.677. The predicted octanol–water partition coefficient (Wildman–Crippen LogP) is -0.788. The maximum absolute atomic E-state index is 11.0. The molecule has 1 amide bonds. The van der Waals surface area contributed by atoms with Crippen LogP contribution in [0.1, 0.15) is 13.8 Å². The summed E-state index contributed by atoms with van der Waals surface area (Å²) < 4.78 is 0. The Morgan fingerprint density at radius 3 is 2.59 bits per heavy atom. The summed E-state index contributed by atoms with van der Waals surface area (Å²) in [6, 6.07) is -0.511. The third kappa shape index (κ3) is 4.32. The Kier molecular flexibility index (Phi) is 4.89. The highest BCUT2D eigenvalue weighted by molar-refractivity contribution is 5.82. The van der Waals surface area contributed by atoms with Crippen LogP contribution >= 0.6 is 0 Å². The molecule has 0 aromatic carbocycles. The van der Waals surface area contributed by atoms with Crippen molar-refractivity contribution in [2.45, 2.75) is 25.9 Å². The number of hydrogen-bond donors (Lipinski definition) is 2. The first-order valence-corrected chi connectivity index (χ1v) is 5.82. The van der Waals surface area contributed by atoms with Crippen LogP contribution in [-0.4, -0.2) is 72.1 Å². The molecule has 0 spiro atoms. The molecule has 2 N–H and O–H groups in total. The largest absolute Gasteiger partial charge is 0.480 e. The van der Waals surface area contributed by atoms with Crippen LogP contribution in [0.4, 0.5) is 0 Å². The number of piperazine rings is 1. The van der Waals surface area contributed by atoms with E-state index in [1.807, 2.05) is 0 Å². The van der Waals surface area contributed by atoms with Crippen molar-refractivity contribution < 1.29 is 14.7 Å². The summed E-state index contributed by atoms with van der Waals surface area (Å²) in [7, 11) is 2.05. The molecule has 17 heavy (non-hydrogen) atoms. The Morgan fingerprint density at radius 2 is 2.12 bits per heavy atom. The molecule has 1 rings (SSSR count). The molecule has 6 heteroatoms. The topological polar surface area (TPSA) is 72.9 Å². The molecular formula is C11H21N3O3. The van der Waals surface area contributed by atoms with E-state index < -0.39 is 12.0 Å². The SMILES string of the molecule is CC(=O)NC(CN1CCN(C)CC1C)C(=O)O. The smallest absolute Gasteiger partial charge is 0.327 e. The van der Waals surface area contributed by atoms with E-state index in [1.165, 1.54) is 6.92 Å². The third-order valence-electron chi connectivity index (χ3n) is 3.06. The maximum atomic E-state index is 11.0. The van der Waals surface area contributed by atoms with Gasteiger partial charge in [-0.1, -0.05) is 0 Å². The zero-order valence-electron chi connectivity index (χ0n) is 10.6. The first-order valence-electron chi connectivity index (χ1n) is 5.82. The minimum atomic E-state index is -0.980. The summed E-state index contributed by atoms with van der Waals surface area (Å²) in [4.78, 5) is 26.3. The van der Waals surface area contributed by atoms with Crippen LogP contribution in [0.2, 0.25) is 0 Å². The molecule has 0 aromatic rings. The van der Waals surface area contributed by atoms with E-state index in [9.17, 15) is 9.59 Å². The monoisotopic (exact) mass is 243 g/mol. The van der Waals surface area contributed by atoms with Crippen LogP contribution < -0.4 is 5.32 Å². The first-order chi connectivity index (χ1) is 7.90. The number of nitrogens with zero attached hydrogens (tertiary/aromatic N) is 2. The molecule has 1 saturated heterocycles. The van der Waals surface area contributed by atoms with Crippen LogP contribution in [0, 0.1) is 0 Å². The Hall–Kier alpha value is -1.14. The highest BCUT2D eigenvalue weighted by Crippen LogP contribution is 2.08. The van der Waals surface area contributed by atoms with Gasteiger partial charge >= 0.3 is 5.97 Å². The average molecular weight is 243 g/mol. The van der Waals surface area contributed by atoms with Crippen LogP contribution in [0.3, 0.4) is 0 Å². The second kappa shape index (κ2) is 5.97. The number of carboxylic acids is 1. The Morgan fingerprint density at radius 1 is 1.47 bits per heavy atom. The Balaban J connectivity index is 2.54. The highest BCUT2D eigenvalue weighted by atomic mass is 16.4. The summed E-state index contributed by atoms with van der Waals surface area (Å²) in [5, 5.41) is 11.5. The van der Waals surface area contributed by atoms with E-state index in [-0.39, 0.29) is 5.91 Å². The van der Waals surface area contributed by atoms with Crippen molar-refractivity contribution in [2.75, 3.05) is 33.2 Å². The normalized spacial score (nSPS) is 24.3. The van der Waals surface area contributed by atoms with Gasteiger partial charge in [0.25, 0.3) is 0 Å². The summed E-state index contributed by atoms with van der Waals surface area (Å²) >= 11 is 0. The highest BCUT2D eigenvalue weighted by Gasteiger charge is 2.27. The van der Waals surface area contributed by atoms with E-state index in [0.717, 1.165) is 19.6 Å². The van der Waals surface area contributed by atoms with Crippen molar-refractivity contribution in [1.82, 2.24) is 15.1 Å². The fraction of sp³-hybridized carbons (Fsp3) is 0.818. The van der Waals surface area contributed by atoms with Gasteiger partial charge in [-0.15, -0.1) is 0 Å². The summed E-state index contributed by atoms with van der Waals surface area (Å²) in [5.41, 5.74) is 0. The zero-order chi connectivity index (χ0) is 13.0. The fourth-order valence-electron chi connectivity index (χ4n) is 2.11. The van der Waals surface area contributed by atoms with E-state index in [2.05, 4.69) is 29.1 Å². The third-order valence-corrected chi connectivity index (χ3v) is 3.06. The van der Waals surface area contributed by atoms with Crippen LogP contribution in [-0.2, 0) is 9.59 Å². The van der Waals surface area contributed by atoms with Gasteiger partial charge < -0.3 is 15.3 Å². The molecule has 2 unspecified atom stereocenters. The van der Waals surface area contributed by atoms with Crippen molar-refractivity contribution >= 4 is 11.9 Å². The van der Waals surface area contributed by atoms with Gasteiger partial charge in [0.15, 0.2) is 0 Å². The van der Waals surface area contributed by atoms with E-state index in [0.29, 0.717) is 12.6 Å². The predicted molar refractivity (Wildman–Crippen MR) is 63.8 cm³/mol. The molecule has 98 valence electrons. The first kappa shape index (κ1) is 13.9. The molecule has 1 heterocycles. The zero-order valence-corrected chi connectivity index (χ0v) is 10.6. The minimum absolute atomic E-state index is 0.306. The molecule has 1 fully saturated rings. The molecule has 6 nitrogen and oxygen atoms in total. The number of likely N-dealkylation sites (N-methyl/N-ethyl adjacent to an activating group) is 1. The lowest BCUT2D eigenvalue weighted by Crippen LogP contribution is -2.56. The summed E-state index contributed by atoms with van der Waals surface area (Å²) in [6.45, 7) is 6.46. The van der Waals surface area contributed by atoms with E-state index >= 15 is 0 Å². The van der Waals surface area contributed by atoms with Crippen molar-refractivity contribution in [3.05, 3.63) is 0 Å². The Bertz CT molecular complexity index is 296. The molecule has 0 aromatic heterocycles. The van der Waals surface area contributed by atoms with E-state index in [4.69, 9.17) is 5.11 Å². The lowest BCUT2D eigenvalue weighted by molar-refractivity contribution is -0.142. The van der Waals surface area contributed by atoms with Gasteiger partial charge in [0.2, 0.25) is 5.91 Å². The number of carbonyl (C=O) groups is 2. The summed E-state index contributed by atoms with van der Waals surface area (Å²) in [5.74, 6) is -1.29. The summed E-state index contributed by atoms with van der Waals surface area (Å²) in [6.07, 6.45) is 0. The van der Waals surface area contributed by atoms with E-state index in [1.54, 1.807) is 0 Å². The number of amides is 1. The molecule has 2 atom stereocenters. The van der Waals surface area contributed by atoms with Gasteiger partial charge in [-0.05, 0) is 14.0 Å². The van der Waals surface area contributed by atoms with Gasteiger partial charge in [0.1, 0.15) is 6.04 Å². The Labute approximate surface area is 102 Å². The second-order valence-corrected chi connectivity index (χ2v) is 4.70. The van der Waals surface area contributed by atoms with Crippen LogP contribution in [0.25, 0.3) is 0 Å². The minimum Gasteiger partial charge on any atom is -0.480 e. The number of nitrogens with one attached hydrogen (secondary N) is 1. The number of hydrogen-bond acceptors (Lipinski definition) is 4. The molecule has 0 saturated carbocycles. The van der Waals surface area contributed by atoms with Crippen molar-refractivity contribution in [1.29, 1.82) is 0 Å². The fourth-order valence-corrected chi connectivity index (χ4v) is 2.11. The molecular weight excluding hydrogens is 222 g/mol. The van der Waals surface area contributed by atoms with Crippen LogP contribution in [0.5, 0.6) is 0 Å². The van der Waals surface area contributed by atoms with Gasteiger partial charge in [-0.2, -0.15) is 0 Å². The standard InChI is InChI=1S/C11H21N3O3/c1-8-6-13(3)4-5-14(8)7-10(11(16)17)12-9(2)15/h8,10H,4-7H2,1-3H3,(H,12,15)(H,16,17). The number of rotatable bonds is 4. The maximum Gasteiger partial charge on any atom is 0.327 e. The molecule has 0 aliphatic carbocycles. The molecule has 0 bridgehead atoms. The van der Waals surface area contributed by atoms with Gasteiger partial charge in [-0.25, -0.2) is 4.79 Å². The lowest BCUT2D eigenvalue weighted by atomic mass is 10.1. The number of carboxylic acid groups (broad SMARTS) is 1. The van der Waals surface area contributed by atoms with Crippen molar-refractivity contribution in [3.63, 3.8) is 0 Å². The van der Waals surface area contributed by atoms with Crippen molar-refractivity contribution in [2.24, 2.45) is 0 Å². The molecule has 0 radical (unpaired) electrons. The lowest BCUT2D eigenvalue weighted by Gasteiger charge is -2.39. The second-order valence-electron chi connectivity index (χ2n) is 4.70. The van der Waals surface area contributed by atoms with Crippen molar-refractivity contribution in [3.8, 4) is 0 Å². The molecule has 1 aliphatic heterocycles. The van der Waals surface area contributed by atoms with Crippen LogP contribution in [0.15, 0.2) is 0 Å². The van der Waals surface area contributed by atoms with Gasteiger partial charge in [-0.3, -0.25) is 9.69 Å². The molecule has 1 aliphatic rings.